The first-order valence-corrected chi connectivity index (χ1v) is 10.2. The van der Waals surface area contributed by atoms with Crippen molar-refractivity contribution in [2.24, 2.45) is 0 Å². The van der Waals surface area contributed by atoms with Crippen molar-refractivity contribution in [2.45, 2.75) is 51.0 Å². The SMILES string of the molecule is CCN(CC)C(=O)NN1CC2C[C@@H]3[C@H](CCCN3C)c3c(C=O)ccc1c32. The predicted molar refractivity (Wildman–Crippen MR) is 106 cm³/mol. The molecule has 1 N–H and O–H groups in total. The predicted octanol–water partition coefficient (Wildman–Crippen LogP) is 2.95. The molecule has 2 amide bonds. The molecule has 6 heteroatoms. The summed E-state index contributed by atoms with van der Waals surface area (Å²) in [7, 11) is 2.21. The second-order valence-electron chi connectivity index (χ2n) is 8.05. The van der Waals surface area contributed by atoms with E-state index in [1.807, 2.05) is 31.0 Å². The molecule has 3 atom stereocenters. The summed E-state index contributed by atoms with van der Waals surface area (Å²) < 4.78 is 0. The third-order valence-corrected chi connectivity index (χ3v) is 6.76. The van der Waals surface area contributed by atoms with E-state index in [9.17, 15) is 9.59 Å². The minimum Gasteiger partial charge on any atom is -0.324 e. The number of anilines is 1. The molecule has 0 radical (unpaired) electrons. The Bertz CT molecular complexity index is 746. The van der Waals surface area contributed by atoms with Crippen LogP contribution in [0.2, 0.25) is 0 Å². The monoisotopic (exact) mass is 370 g/mol. The molecule has 0 aromatic heterocycles. The molecule has 1 aromatic carbocycles. The lowest BCUT2D eigenvalue weighted by molar-refractivity contribution is 0.111. The number of rotatable bonds is 4. The molecule has 0 saturated carbocycles. The van der Waals surface area contributed by atoms with Crippen molar-refractivity contribution in [2.75, 3.05) is 38.2 Å². The number of hydrazine groups is 1. The molecule has 2 aliphatic heterocycles. The highest BCUT2D eigenvalue weighted by molar-refractivity contribution is 5.84. The fourth-order valence-corrected chi connectivity index (χ4v) is 5.43. The van der Waals surface area contributed by atoms with Crippen LogP contribution in [-0.4, -0.2) is 61.4 Å². The lowest BCUT2D eigenvalue weighted by Gasteiger charge is -2.45. The van der Waals surface area contributed by atoms with Crippen LogP contribution in [0.1, 0.15) is 66.4 Å². The summed E-state index contributed by atoms with van der Waals surface area (Å²) in [6, 6.07) is 4.39. The summed E-state index contributed by atoms with van der Waals surface area (Å²) in [4.78, 5) is 28.7. The van der Waals surface area contributed by atoms with Gasteiger partial charge in [0, 0.05) is 43.1 Å². The number of carbonyl (C=O) groups excluding carboxylic acids is 2. The fraction of sp³-hybridized carbons (Fsp3) is 0.619. The molecule has 27 heavy (non-hydrogen) atoms. The Kier molecular flexibility index (Phi) is 4.84. The van der Waals surface area contributed by atoms with Gasteiger partial charge in [-0.15, -0.1) is 0 Å². The summed E-state index contributed by atoms with van der Waals surface area (Å²) in [5, 5.41) is 2.01. The highest BCUT2D eigenvalue weighted by Crippen LogP contribution is 2.52. The molecule has 1 fully saturated rings. The van der Waals surface area contributed by atoms with Crippen molar-refractivity contribution in [3.05, 3.63) is 28.8 Å². The number of piperidine rings is 1. The summed E-state index contributed by atoms with van der Waals surface area (Å²) >= 11 is 0. The van der Waals surface area contributed by atoms with E-state index in [2.05, 4.69) is 17.4 Å². The Balaban J connectivity index is 1.71. The zero-order chi connectivity index (χ0) is 19.1. The molecule has 0 spiro atoms. The molecule has 2 heterocycles. The van der Waals surface area contributed by atoms with Crippen molar-refractivity contribution >= 4 is 18.0 Å². The van der Waals surface area contributed by atoms with Gasteiger partial charge in [-0.05, 0) is 70.0 Å². The minimum atomic E-state index is -0.0543. The number of likely N-dealkylation sites (tertiary alicyclic amines) is 1. The normalized spacial score (nSPS) is 26.3. The van der Waals surface area contributed by atoms with Crippen LogP contribution < -0.4 is 10.4 Å². The van der Waals surface area contributed by atoms with Gasteiger partial charge in [-0.2, -0.15) is 0 Å². The van der Waals surface area contributed by atoms with Crippen molar-refractivity contribution < 1.29 is 9.59 Å². The van der Waals surface area contributed by atoms with Crippen LogP contribution in [0.3, 0.4) is 0 Å². The number of hydrogen-bond donors (Lipinski definition) is 1. The van der Waals surface area contributed by atoms with Gasteiger partial charge in [0.2, 0.25) is 0 Å². The molecule has 1 aliphatic carbocycles. The van der Waals surface area contributed by atoms with E-state index in [1.54, 1.807) is 4.90 Å². The standard InChI is InChI=1S/C21H30N4O2/c1-4-24(5-2)21(27)22-25-12-15-11-18-16(7-6-10-23(18)3)19-14(13-26)8-9-17(25)20(15)19/h8-9,13,15-16,18H,4-7,10-12H2,1-3H3,(H,22,27)/t15?,16-,18+/m0/s1. The van der Waals surface area contributed by atoms with Crippen molar-refractivity contribution in [3.8, 4) is 0 Å². The van der Waals surface area contributed by atoms with E-state index in [0.717, 1.165) is 43.5 Å². The topological polar surface area (TPSA) is 55.9 Å². The van der Waals surface area contributed by atoms with E-state index in [0.29, 0.717) is 31.0 Å². The van der Waals surface area contributed by atoms with Gasteiger partial charge < -0.3 is 9.80 Å². The highest BCUT2D eigenvalue weighted by Gasteiger charge is 2.45. The van der Waals surface area contributed by atoms with Crippen molar-refractivity contribution in [3.63, 3.8) is 0 Å². The van der Waals surface area contributed by atoms with Crippen LogP contribution in [0, 0.1) is 0 Å². The maximum absolute atomic E-state index is 12.6. The van der Waals surface area contributed by atoms with Gasteiger partial charge >= 0.3 is 6.03 Å². The van der Waals surface area contributed by atoms with Gasteiger partial charge in [0.1, 0.15) is 6.29 Å². The Morgan fingerprint density at radius 1 is 1.30 bits per heavy atom. The number of hydrogen-bond acceptors (Lipinski definition) is 4. The number of fused-ring (bicyclic) bond motifs is 2. The maximum Gasteiger partial charge on any atom is 0.336 e. The summed E-state index contributed by atoms with van der Waals surface area (Å²) in [6.45, 7) is 7.28. The Hall–Kier alpha value is -2.08. The average molecular weight is 370 g/mol. The second-order valence-corrected chi connectivity index (χ2v) is 8.05. The number of aldehydes is 1. The third-order valence-electron chi connectivity index (χ3n) is 6.76. The Labute approximate surface area is 161 Å². The molecule has 1 unspecified atom stereocenters. The molecule has 6 nitrogen and oxygen atoms in total. The van der Waals surface area contributed by atoms with Crippen LogP contribution in [0.15, 0.2) is 12.1 Å². The number of nitrogens with one attached hydrogen (secondary N) is 1. The van der Waals surface area contributed by atoms with Crippen molar-refractivity contribution in [1.29, 1.82) is 0 Å². The van der Waals surface area contributed by atoms with Gasteiger partial charge in [0.05, 0.1) is 5.69 Å². The van der Waals surface area contributed by atoms with Crippen molar-refractivity contribution in [1.82, 2.24) is 15.2 Å². The van der Waals surface area contributed by atoms with Crippen LogP contribution in [0.25, 0.3) is 0 Å². The van der Waals surface area contributed by atoms with Crippen LogP contribution in [0.4, 0.5) is 10.5 Å². The quantitative estimate of drug-likeness (QED) is 0.828. The average Bonchev–Trinajstić information content (AvgIpc) is 3.02. The van der Waals surface area contributed by atoms with Gasteiger partial charge in [-0.25, -0.2) is 10.2 Å². The highest BCUT2D eigenvalue weighted by atomic mass is 16.2. The molecule has 146 valence electrons. The maximum atomic E-state index is 12.6. The summed E-state index contributed by atoms with van der Waals surface area (Å²) in [5.41, 5.74) is 7.56. The summed E-state index contributed by atoms with van der Waals surface area (Å²) in [6.07, 6.45) is 4.43. The zero-order valence-electron chi connectivity index (χ0n) is 16.6. The summed E-state index contributed by atoms with van der Waals surface area (Å²) in [5.74, 6) is 0.794. The molecule has 3 aliphatic rings. The molecular formula is C21H30N4O2. The smallest absolute Gasteiger partial charge is 0.324 e. The number of nitrogens with zero attached hydrogens (tertiary/aromatic N) is 3. The largest absolute Gasteiger partial charge is 0.336 e. The van der Waals surface area contributed by atoms with E-state index < -0.39 is 0 Å². The van der Waals surface area contributed by atoms with Crippen LogP contribution in [-0.2, 0) is 0 Å². The van der Waals surface area contributed by atoms with Crippen LogP contribution >= 0.6 is 0 Å². The number of urea groups is 1. The van der Waals surface area contributed by atoms with Gasteiger partial charge in [0.25, 0.3) is 0 Å². The Morgan fingerprint density at radius 3 is 2.78 bits per heavy atom. The zero-order valence-corrected chi connectivity index (χ0v) is 16.6. The molecule has 1 aromatic rings. The van der Waals surface area contributed by atoms with Gasteiger partial charge in [0.15, 0.2) is 0 Å². The first-order valence-electron chi connectivity index (χ1n) is 10.2. The van der Waals surface area contributed by atoms with E-state index >= 15 is 0 Å². The van der Waals surface area contributed by atoms with E-state index in [4.69, 9.17) is 0 Å². The number of amides is 2. The Morgan fingerprint density at radius 2 is 2.07 bits per heavy atom. The van der Waals surface area contributed by atoms with E-state index in [-0.39, 0.29) is 6.03 Å². The first kappa shape index (κ1) is 18.3. The number of benzene rings is 1. The lowest BCUT2D eigenvalue weighted by Crippen LogP contribution is -2.49. The van der Waals surface area contributed by atoms with Gasteiger partial charge in [-0.1, -0.05) is 0 Å². The number of carbonyl (C=O) groups is 2. The first-order chi connectivity index (χ1) is 13.1. The fourth-order valence-electron chi connectivity index (χ4n) is 5.43. The number of likely N-dealkylation sites (N-methyl/N-ethyl adjacent to an activating group) is 1. The molecule has 0 bridgehead atoms. The van der Waals surface area contributed by atoms with Gasteiger partial charge in [-0.3, -0.25) is 9.80 Å². The molecule has 1 saturated heterocycles. The third kappa shape index (κ3) is 2.90. The molecule has 4 rings (SSSR count). The lowest BCUT2D eigenvalue weighted by atomic mass is 9.69. The second kappa shape index (κ2) is 7.15. The minimum absolute atomic E-state index is 0.0543. The molecular weight excluding hydrogens is 340 g/mol. The van der Waals surface area contributed by atoms with Crippen LogP contribution in [0.5, 0.6) is 0 Å². The van der Waals surface area contributed by atoms with E-state index in [1.165, 1.54) is 17.5 Å².